The summed E-state index contributed by atoms with van der Waals surface area (Å²) in [7, 11) is -3.61. The minimum Gasteiger partial charge on any atom is -0.477 e. The maximum atomic E-state index is 12.6. The Balaban J connectivity index is 2.37. The molecule has 0 bridgehead atoms. The summed E-state index contributed by atoms with van der Waals surface area (Å²) in [6.07, 6.45) is 2.18. The lowest BCUT2D eigenvalue weighted by Crippen LogP contribution is -2.28. The van der Waals surface area contributed by atoms with Gasteiger partial charge in [-0.05, 0) is 24.3 Å². The molecule has 2 atom stereocenters. The molecule has 2 heterocycles. The molecule has 2 rings (SSSR count). The van der Waals surface area contributed by atoms with Crippen LogP contribution in [-0.2, 0) is 16.6 Å². The Morgan fingerprint density at radius 2 is 1.90 bits per heavy atom. The van der Waals surface area contributed by atoms with Crippen molar-refractivity contribution in [2.45, 2.75) is 38.6 Å². The number of sulfonamides is 1. The summed E-state index contributed by atoms with van der Waals surface area (Å²) < 4.78 is 28.2. The van der Waals surface area contributed by atoms with Crippen molar-refractivity contribution in [3.8, 4) is 0 Å². The van der Waals surface area contributed by atoms with E-state index in [-0.39, 0.29) is 10.6 Å². The van der Waals surface area contributed by atoms with E-state index in [4.69, 9.17) is 0 Å². The highest BCUT2D eigenvalue weighted by molar-refractivity contribution is 7.89. The number of carboxylic acid groups (broad SMARTS) is 1. The Morgan fingerprint density at radius 3 is 2.38 bits per heavy atom. The molecule has 0 radical (unpaired) electrons. The summed E-state index contributed by atoms with van der Waals surface area (Å²) in [5, 5.41) is 9.19. The molecule has 1 aliphatic rings. The molecular weight excluding hydrogens is 292 g/mol. The Kier molecular flexibility index (Phi) is 4.43. The minimum absolute atomic E-state index is 0.0238. The highest BCUT2D eigenvalue weighted by Crippen LogP contribution is 2.29. The molecule has 1 N–H and O–H groups in total. The van der Waals surface area contributed by atoms with Gasteiger partial charge in [0.05, 0.1) is 0 Å². The van der Waals surface area contributed by atoms with Gasteiger partial charge in [0, 0.05) is 25.8 Å². The van der Waals surface area contributed by atoms with Gasteiger partial charge < -0.3 is 9.67 Å². The predicted molar refractivity (Wildman–Crippen MR) is 78.8 cm³/mol. The molecule has 0 aliphatic carbocycles. The summed E-state index contributed by atoms with van der Waals surface area (Å²) in [6, 6.07) is 1.26. The van der Waals surface area contributed by atoms with Gasteiger partial charge in [-0.15, -0.1) is 0 Å². The molecule has 1 aromatic rings. The van der Waals surface area contributed by atoms with Crippen molar-refractivity contribution < 1.29 is 18.3 Å². The second kappa shape index (κ2) is 5.81. The molecule has 21 heavy (non-hydrogen) atoms. The van der Waals surface area contributed by atoms with Crippen LogP contribution < -0.4 is 0 Å². The van der Waals surface area contributed by atoms with Crippen molar-refractivity contribution in [1.29, 1.82) is 0 Å². The highest BCUT2D eigenvalue weighted by atomic mass is 32.2. The van der Waals surface area contributed by atoms with Crippen molar-refractivity contribution in [2.75, 3.05) is 13.1 Å². The van der Waals surface area contributed by atoms with Crippen LogP contribution in [0.15, 0.2) is 17.2 Å². The van der Waals surface area contributed by atoms with Crippen LogP contribution in [0.5, 0.6) is 0 Å². The Labute approximate surface area is 125 Å². The average Bonchev–Trinajstić information content (AvgIpc) is 2.96. The van der Waals surface area contributed by atoms with Crippen molar-refractivity contribution >= 4 is 16.0 Å². The summed E-state index contributed by atoms with van der Waals surface area (Å²) >= 11 is 0. The second-order valence-electron chi connectivity index (χ2n) is 5.84. The number of hydrogen-bond donors (Lipinski definition) is 1. The normalized spacial score (nSPS) is 23.6. The van der Waals surface area contributed by atoms with E-state index in [1.807, 2.05) is 20.8 Å². The maximum Gasteiger partial charge on any atom is 0.352 e. The third kappa shape index (κ3) is 2.98. The lowest BCUT2D eigenvalue weighted by atomic mass is 10.0. The van der Waals surface area contributed by atoms with Gasteiger partial charge in [-0.25, -0.2) is 13.2 Å². The van der Waals surface area contributed by atoms with Crippen LogP contribution >= 0.6 is 0 Å². The molecule has 7 heteroatoms. The number of carbonyl (C=O) groups is 1. The number of aryl methyl sites for hydroxylation is 1. The van der Waals surface area contributed by atoms with E-state index < -0.39 is 16.0 Å². The van der Waals surface area contributed by atoms with Crippen molar-refractivity contribution in [3.63, 3.8) is 0 Å². The molecule has 2 unspecified atom stereocenters. The molecule has 118 valence electrons. The number of carboxylic acids is 1. The highest BCUT2D eigenvalue weighted by Gasteiger charge is 2.36. The zero-order valence-corrected chi connectivity index (χ0v) is 13.4. The smallest absolute Gasteiger partial charge is 0.352 e. The van der Waals surface area contributed by atoms with E-state index in [2.05, 4.69) is 0 Å². The first-order valence-electron chi connectivity index (χ1n) is 7.21. The molecule has 0 saturated carbocycles. The topological polar surface area (TPSA) is 79.6 Å². The van der Waals surface area contributed by atoms with E-state index in [9.17, 15) is 18.3 Å². The maximum absolute atomic E-state index is 12.6. The lowest BCUT2D eigenvalue weighted by molar-refractivity contribution is 0.0685. The third-order valence-electron chi connectivity index (χ3n) is 4.15. The molecule has 6 nitrogen and oxygen atoms in total. The molecule has 1 saturated heterocycles. The number of aromatic carboxylic acids is 1. The first-order valence-corrected chi connectivity index (χ1v) is 8.65. The first-order chi connectivity index (χ1) is 9.77. The van der Waals surface area contributed by atoms with Crippen LogP contribution in [0.25, 0.3) is 0 Å². The lowest BCUT2D eigenvalue weighted by Gasteiger charge is -2.14. The van der Waals surface area contributed by atoms with Gasteiger partial charge in [0.25, 0.3) is 0 Å². The molecular formula is C14H22N2O4S. The van der Waals surface area contributed by atoms with Gasteiger partial charge in [0.1, 0.15) is 10.6 Å². The van der Waals surface area contributed by atoms with E-state index in [1.54, 1.807) is 0 Å². The largest absolute Gasteiger partial charge is 0.477 e. The number of hydrogen-bond acceptors (Lipinski definition) is 3. The SMILES string of the molecule is CCCn1cc(S(=O)(=O)N2CC(C)C(C)C2)cc1C(=O)O. The number of rotatable bonds is 5. The van der Waals surface area contributed by atoms with Crippen molar-refractivity contribution in [3.05, 3.63) is 18.0 Å². The number of aromatic nitrogens is 1. The number of nitrogens with zero attached hydrogens (tertiary/aromatic N) is 2. The van der Waals surface area contributed by atoms with Crippen LogP contribution in [0.3, 0.4) is 0 Å². The van der Waals surface area contributed by atoms with E-state index in [0.717, 1.165) is 6.42 Å². The monoisotopic (exact) mass is 314 g/mol. The molecule has 0 aromatic carbocycles. The van der Waals surface area contributed by atoms with E-state index >= 15 is 0 Å². The van der Waals surface area contributed by atoms with Gasteiger partial charge in [-0.3, -0.25) is 0 Å². The second-order valence-corrected chi connectivity index (χ2v) is 7.77. The zero-order valence-electron chi connectivity index (χ0n) is 12.6. The Bertz CT molecular complexity index is 625. The Morgan fingerprint density at radius 1 is 1.33 bits per heavy atom. The van der Waals surface area contributed by atoms with Crippen molar-refractivity contribution in [2.24, 2.45) is 11.8 Å². The standard InChI is InChI=1S/C14H22N2O4S/c1-4-5-15-9-12(6-13(15)14(17)18)21(19,20)16-7-10(2)11(3)8-16/h6,9-11H,4-5,7-8H2,1-3H3,(H,17,18). The van der Waals surface area contributed by atoms with Crippen LogP contribution in [0, 0.1) is 11.8 Å². The van der Waals surface area contributed by atoms with Crippen LogP contribution in [-0.4, -0.2) is 41.5 Å². The fourth-order valence-corrected chi connectivity index (χ4v) is 4.33. The van der Waals surface area contributed by atoms with Gasteiger partial charge in [-0.2, -0.15) is 4.31 Å². The minimum atomic E-state index is -3.61. The van der Waals surface area contributed by atoms with Gasteiger partial charge >= 0.3 is 5.97 Å². The molecule has 1 aromatic heterocycles. The summed E-state index contributed by atoms with van der Waals surface area (Å²) in [5.74, 6) is -0.471. The quantitative estimate of drug-likeness (QED) is 0.900. The van der Waals surface area contributed by atoms with Gasteiger partial charge in [-0.1, -0.05) is 20.8 Å². The molecule has 0 amide bonds. The van der Waals surface area contributed by atoms with Gasteiger partial charge in [0.2, 0.25) is 10.0 Å². The summed E-state index contributed by atoms with van der Waals surface area (Å²) in [6.45, 7) is 7.46. The van der Waals surface area contributed by atoms with Gasteiger partial charge in [0.15, 0.2) is 0 Å². The Hall–Kier alpha value is -1.34. The van der Waals surface area contributed by atoms with E-state index in [0.29, 0.717) is 31.5 Å². The van der Waals surface area contributed by atoms with Crippen LogP contribution in [0.1, 0.15) is 37.7 Å². The van der Waals surface area contributed by atoms with E-state index in [1.165, 1.54) is 21.1 Å². The molecule has 1 aliphatic heterocycles. The first kappa shape index (κ1) is 16.0. The summed E-state index contributed by atoms with van der Waals surface area (Å²) in [5.41, 5.74) is 0.0238. The van der Waals surface area contributed by atoms with Crippen LogP contribution in [0.2, 0.25) is 0 Å². The average molecular weight is 314 g/mol. The summed E-state index contributed by atoms with van der Waals surface area (Å²) in [4.78, 5) is 11.3. The predicted octanol–water partition coefficient (Wildman–Crippen LogP) is 1.87. The molecule has 0 spiro atoms. The fourth-order valence-electron chi connectivity index (χ4n) is 2.65. The molecule has 1 fully saturated rings. The van der Waals surface area contributed by atoms with Crippen LogP contribution in [0.4, 0.5) is 0 Å². The van der Waals surface area contributed by atoms with Crippen molar-refractivity contribution in [1.82, 2.24) is 8.87 Å². The zero-order chi connectivity index (χ0) is 15.8. The third-order valence-corrected chi connectivity index (χ3v) is 5.94. The fraction of sp³-hybridized carbons (Fsp3) is 0.643.